The molecule has 0 radical (unpaired) electrons. The number of nitrogens with one attached hydrogen (secondary N) is 1. The van der Waals surface area contributed by atoms with Gasteiger partial charge < -0.3 is 9.88 Å². The Morgan fingerprint density at radius 3 is 2.78 bits per heavy atom. The molecule has 1 aromatic heterocycles. The summed E-state index contributed by atoms with van der Waals surface area (Å²) < 4.78 is 2.34. The van der Waals surface area contributed by atoms with E-state index in [2.05, 4.69) is 21.2 Å². The molecule has 1 aliphatic carbocycles. The fraction of sp³-hybridized carbons (Fsp3) is 0.538. The highest BCUT2D eigenvalue weighted by molar-refractivity contribution is 9.10. The van der Waals surface area contributed by atoms with Gasteiger partial charge in [-0.1, -0.05) is 6.92 Å². The van der Waals surface area contributed by atoms with Gasteiger partial charge in [0.25, 0.3) is 0 Å². The predicted octanol–water partition coefficient (Wildman–Crippen LogP) is 2.62. The van der Waals surface area contributed by atoms with Crippen molar-refractivity contribution >= 4 is 27.5 Å². The van der Waals surface area contributed by atoms with Crippen molar-refractivity contribution in [3.05, 3.63) is 27.1 Å². The monoisotopic (exact) mass is 312 g/mol. The topological polar surface area (TPSA) is 51.1 Å². The van der Waals surface area contributed by atoms with Crippen molar-refractivity contribution in [2.24, 2.45) is 11.8 Å². The van der Waals surface area contributed by atoms with E-state index < -0.39 is 0 Å². The number of anilines is 1. The van der Waals surface area contributed by atoms with Gasteiger partial charge in [0, 0.05) is 24.9 Å². The van der Waals surface area contributed by atoms with Crippen LogP contribution >= 0.6 is 15.9 Å². The highest BCUT2D eigenvalue weighted by Gasteiger charge is 2.32. The van der Waals surface area contributed by atoms with Gasteiger partial charge in [0.1, 0.15) is 5.69 Å². The van der Waals surface area contributed by atoms with Gasteiger partial charge in [0.05, 0.1) is 4.47 Å². The number of nitrogens with zero attached hydrogens (tertiary/aromatic N) is 1. The maximum Gasteiger partial charge on any atom is 0.227 e. The van der Waals surface area contributed by atoms with Crippen molar-refractivity contribution in [1.82, 2.24) is 4.57 Å². The molecule has 4 nitrogen and oxygen atoms in total. The molecule has 1 atom stereocenters. The Bertz CT molecular complexity index is 520. The molecule has 1 fully saturated rings. The molecule has 5 heteroatoms. The first kappa shape index (κ1) is 13.3. The molecule has 0 aromatic carbocycles. The molecule has 98 valence electrons. The first-order valence-corrected chi connectivity index (χ1v) is 7.02. The first-order chi connectivity index (χ1) is 8.52. The van der Waals surface area contributed by atoms with Gasteiger partial charge in [-0.25, -0.2) is 0 Å². The summed E-state index contributed by atoms with van der Waals surface area (Å²) in [5, 5.41) is 2.74. The van der Waals surface area contributed by atoms with Crippen LogP contribution in [0.25, 0.3) is 0 Å². The van der Waals surface area contributed by atoms with Crippen LogP contribution in [0.1, 0.15) is 26.7 Å². The first-order valence-electron chi connectivity index (χ1n) is 6.23. The van der Waals surface area contributed by atoms with E-state index in [1.807, 2.05) is 18.4 Å². The van der Waals surface area contributed by atoms with Gasteiger partial charge >= 0.3 is 0 Å². The van der Waals surface area contributed by atoms with E-state index in [-0.39, 0.29) is 17.3 Å². The normalized spacial score (nSPS) is 16.4. The molecule has 1 heterocycles. The molecule has 1 amide bonds. The molecule has 0 bridgehead atoms. The summed E-state index contributed by atoms with van der Waals surface area (Å²) in [7, 11) is 0. The van der Waals surface area contributed by atoms with E-state index in [9.17, 15) is 9.59 Å². The second kappa shape index (κ2) is 5.26. The van der Waals surface area contributed by atoms with Crippen LogP contribution in [0.5, 0.6) is 0 Å². The Kier molecular flexibility index (Phi) is 3.90. The van der Waals surface area contributed by atoms with Gasteiger partial charge in [-0.15, -0.1) is 0 Å². The lowest BCUT2D eigenvalue weighted by molar-refractivity contribution is -0.119. The van der Waals surface area contributed by atoms with Crippen LogP contribution in [0.4, 0.5) is 5.69 Å². The summed E-state index contributed by atoms with van der Waals surface area (Å²) in [6, 6.07) is 0. The predicted molar refractivity (Wildman–Crippen MR) is 74.6 cm³/mol. The van der Waals surface area contributed by atoms with E-state index in [4.69, 9.17) is 0 Å². The third-order valence-corrected chi connectivity index (χ3v) is 3.97. The Morgan fingerprint density at radius 1 is 1.56 bits per heavy atom. The Balaban J connectivity index is 2.19. The van der Waals surface area contributed by atoms with Crippen LogP contribution < -0.4 is 10.7 Å². The minimum Gasteiger partial charge on any atom is -0.351 e. The number of carbonyl (C=O) groups excluding carboxylic acids is 1. The van der Waals surface area contributed by atoms with Crippen molar-refractivity contribution in [3.63, 3.8) is 0 Å². The van der Waals surface area contributed by atoms with Crippen LogP contribution in [0.2, 0.25) is 0 Å². The van der Waals surface area contributed by atoms with E-state index in [1.54, 1.807) is 12.4 Å². The van der Waals surface area contributed by atoms with Crippen LogP contribution in [-0.2, 0) is 11.3 Å². The van der Waals surface area contributed by atoms with E-state index in [0.29, 0.717) is 16.1 Å². The number of carbonyl (C=O) groups is 1. The molecule has 1 saturated carbocycles. The number of halogens is 1. The highest BCUT2D eigenvalue weighted by Crippen LogP contribution is 2.36. The Hall–Kier alpha value is -1.10. The fourth-order valence-electron chi connectivity index (χ4n) is 1.92. The quantitative estimate of drug-likeness (QED) is 0.929. The second-order valence-electron chi connectivity index (χ2n) is 4.79. The molecule has 0 aliphatic heterocycles. The van der Waals surface area contributed by atoms with Crippen LogP contribution in [0.15, 0.2) is 21.7 Å². The van der Waals surface area contributed by atoms with Crippen molar-refractivity contribution in [1.29, 1.82) is 0 Å². The number of aromatic nitrogens is 1. The SMILES string of the molecule is CCn1cc(Br)c(=O)c(NC(=O)C(C)C2CC2)c1. The summed E-state index contributed by atoms with van der Waals surface area (Å²) in [5.74, 6) is 0.416. The molecule has 0 saturated heterocycles. The zero-order chi connectivity index (χ0) is 13.3. The largest absolute Gasteiger partial charge is 0.351 e. The van der Waals surface area contributed by atoms with Gasteiger partial charge in [-0.3, -0.25) is 9.59 Å². The van der Waals surface area contributed by atoms with Gasteiger partial charge in [-0.05, 0) is 41.6 Å². The lowest BCUT2D eigenvalue weighted by atomic mass is 10.1. The zero-order valence-electron chi connectivity index (χ0n) is 10.6. The summed E-state index contributed by atoms with van der Waals surface area (Å²) in [6.07, 6.45) is 5.64. The van der Waals surface area contributed by atoms with Crippen molar-refractivity contribution in [3.8, 4) is 0 Å². The summed E-state index contributed by atoms with van der Waals surface area (Å²) in [5.41, 5.74) is 0.180. The molecule has 1 aliphatic rings. The average molecular weight is 313 g/mol. The molecule has 2 rings (SSSR count). The van der Waals surface area contributed by atoms with Crippen molar-refractivity contribution < 1.29 is 4.79 Å². The Labute approximate surface area is 115 Å². The molecule has 18 heavy (non-hydrogen) atoms. The van der Waals surface area contributed by atoms with Crippen LogP contribution in [0.3, 0.4) is 0 Å². The van der Waals surface area contributed by atoms with Crippen LogP contribution in [-0.4, -0.2) is 10.5 Å². The number of rotatable bonds is 4. The molecule has 1 N–H and O–H groups in total. The molecule has 0 spiro atoms. The minimum atomic E-state index is -0.170. The smallest absolute Gasteiger partial charge is 0.227 e. The van der Waals surface area contributed by atoms with E-state index in [0.717, 1.165) is 19.4 Å². The fourth-order valence-corrected chi connectivity index (χ4v) is 2.40. The molecule has 1 unspecified atom stereocenters. The summed E-state index contributed by atoms with van der Waals surface area (Å²) >= 11 is 3.22. The number of aryl methyl sites for hydroxylation is 1. The van der Waals surface area contributed by atoms with E-state index in [1.165, 1.54) is 0 Å². The number of hydrogen-bond donors (Lipinski definition) is 1. The Morgan fingerprint density at radius 2 is 2.22 bits per heavy atom. The van der Waals surface area contributed by atoms with Gasteiger partial charge in [0.2, 0.25) is 11.3 Å². The zero-order valence-corrected chi connectivity index (χ0v) is 12.2. The van der Waals surface area contributed by atoms with Crippen molar-refractivity contribution in [2.75, 3.05) is 5.32 Å². The van der Waals surface area contributed by atoms with Gasteiger partial charge in [-0.2, -0.15) is 0 Å². The lowest BCUT2D eigenvalue weighted by Gasteiger charge is -2.12. The maximum atomic E-state index is 12.0. The molecular weight excluding hydrogens is 296 g/mol. The standard InChI is InChI=1S/C13H17BrN2O2/c1-3-16-6-10(14)12(17)11(7-16)15-13(18)8(2)9-4-5-9/h6-9H,3-5H2,1-2H3,(H,15,18). The third-order valence-electron chi connectivity index (χ3n) is 3.40. The third kappa shape index (κ3) is 2.83. The second-order valence-corrected chi connectivity index (χ2v) is 5.65. The number of pyridine rings is 1. The number of amides is 1. The van der Waals surface area contributed by atoms with Crippen molar-refractivity contribution in [2.45, 2.75) is 33.2 Å². The summed E-state index contributed by atoms with van der Waals surface area (Å²) in [6.45, 7) is 4.65. The maximum absolute atomic E-state index is 12.0. The minimum absolute atomic E-state index is 0.0153. The summed E-state index contributed by atoms with van der Waals surface area (Å²) in [4.78, 5) is 23.9. The lowest BCUT2D eigenvalue weighted by Crippen LogP contribution is -2.26. The molecule has 1 aromatic rings. The highest BCUT2D eigenvalue weighted by atomic mass is 79.9. The van der Waals surface area contributed by atoms with Gasteiger partial charge in [0.15, 0.2) is 0 Å². The average Bonchev–Trinajstić information content (AvgIpc) is 3.17. The van der Waals surface area contributed by atoms with Crippen LogP contribution in [0, 0.1) is 11.8 Å². The number of hydrogen-bond acceptors (Lipinski definition) is 2. The molecular formula is C13H17BrN2O2. The van der Waals surface area contributed by atoms with E-state index >= 15 is 0 Å².